The van der Waals surface area contributed by atoms with Crippen LogP contribution >= 0.6 is 14.8 Å². The van der Waals surface area contributed by atoms with Crippen LogP contribution in [0.3, 0.4) is 0 Å². The van der Waals surface area contributed by atoms with Crippen molar-refractivity contribution in [1.82, 2.24) is 4.98 Å². The first-order valence-corrected chi connectivity index (χ1v) is 6.59. The Morgan fingerprint density at radius 3 is 2.69 bits per heavy atom. The third kappa shape index (κ3) is 2.26. The Balaban J connectivity index is 3.41. The van der Waals surface area contributed by atoms with E-state index in [-0.39, 0.29) is 10.5 Å². The summed E-state index contributed by atoms with van der Waals surface area (Å²) in [6, 6.07) is 3.14. The summed E-state index contributed by atoms with van der Waals surface area (Å²) in [6.07, 6.45) is 1.21. The van der Waals surface area contributed by atoms with Gasteiger partial charge in [-0.05, 0) is 13.0 Å². The third-order valence-corrected chi connectivity index (χ3v) is 3.37. The highest BCUT2D eigenvalue weighted by molar-refractivity contribution is 9.47. The lowest BCUT2D eigenvalue weighted by atomic mass is 10.2. The lowest BCUT2D eigenvalue weighted by Crippen LogP contribution is -1.95. The average Bonchev–Trinajstić information content (AvgIpc) is 2.03. The van der Waals surface area contributed by atoms with Crippen LogP contribution in [0.4, 0.5) is 0 Å². The fraction of sp³-hybridized carbons (Fsp3) is 0.143. The quantitative estimate of drug-likeness (QED) is 0.715. The van der Waals surface area contributed by atoms with Crippen LogP contribution in [0, 0.1) is 18.3 Å². The second kappa shape index (κ2) is 3.44. The van der Waals surface area contributed by atoms with Crippen molar-refractivity contribution in [2.24, 2.45) is 0 Å². The van der Waals surface area contributed by atoms with E-state index >= 15 is 0 Å². The van der Waals surface area contributed by atoms with Crippen LogP contribution in [-0.4, -0.2) is 13.4 Å². The largest absolute Gasteiger partial charge is 0.259 e. The van der Waals surface area contributed by atoms with Crippen molar-refractivity contribution in [3.05, 3.63) is 23.5 Å². The van der Waals surface area contributed by atoms with Crippen molar-refractivity contribution in [3.63, 3.8) is 0 Å². The van der Waals surface area contributed by atoms with E-state index in [9.17, 15) is 8.42 Å². The van der Waals surface area contributed by atoms with Gasteiger partial charge in [0.25, 0.3) is 0 Å². The molecule has 0 aliphatic heterocycles. The van der Waals surface area contributed by atoms with Crippen LogP contribution in [0.5, 0.6) is 0 Å². The molecule has 0 radical (unpaired) electrons. The molecule has 0 aromatic carbocycles. The number of rotatable bonds is 1. The molecule has 1 aromatic heterocycles. The molecule has 0 amide bonds. The predicted molar refractivity (Wildman–Crippen MR) is 49.8 cm³/mol. The monoisotopic (exact) mass is 260 g/mol. The molecule has 0 aliphatic carbocycles. The van der Waals surface area contributed by atoms with Gasteiger partial charge in [0.1, 0.15) is 6.07 Å². The average molecular weight is 261 g/mol. The molecule has 0 atom stereocenters. The zero-order valence-corrected chi connectivity index (χ0v) is 9.05. The standard InChI is InChI=1S/C7H5BrN2O2S/c1-5-6(3-9)2-7(4-10-5)13(8,11)12/h2,4H,1H3. The fourth-order valence-electron chi connectivity index (χ4n) is 0.760. The van der Waals surface area contributed by atoms with E-state index in [1.54, 1.807) is 6.92 Å². The summed E-state index contributed by atoms with van der Waals surface area (Å²) in [5.74, 6) is 0. The summed E-state index contributed by atoms with van der Waals surface area (Å²) in [5.41, 5.74) is 0.780. The second-order valence-corrected chi connectivity index (χ2v) is 6.26. The van der Waals surface area contributed by atoms with Crippen LogP contribution in [-0.2, 0) is 8.27 Å². The van der Waals surface area contributed by atoms with E-state index < -0.39 is 8.27 Å². The van der Waals surface area contributed by atoms with Crippen molar-refractivity contribution in [2.75, 3.05) is 0 Å². The maximum absolute atomic E-state index is 11.0. The predicted octanol–water partition coefficient (Wildman–Crippen LogP) is 1.35. The molecule has 68 valence electrons. The van der Waals surface area contributed by atoms with Gasteiger partial charge in [0, 0.05) is 6.20 Å². The normalized spacial score (nSPS) is 10.8. The molecule has 0 bridgehead atoms. The molecule has 13 heavy (non-hydrogen) atoms. The van der Waals surface area contributed by atoms with Crippen LogP contribution in [0.15, 0.2) is 17.2 Å². The molecule has 1 aromatic rings. The first-order chi connectivity index (χ1) is 5.95. The van der Waals surface area contributed by atoms with E-state index in [0.29, 0.717) is 5.69 Å². The number of hydrogen-bond donors (Lipinski definition) is 0. The molecule has 0 saturated carbocycles. The molecule has 0 aliphatic rings. The maximum atomic E-state index is 11.0. The minimum Gasteiger partial charge on any atom is -0.259 e. The summed E-state index contributed by atoms with van der Waals surface area (Å²) >= 11 is 2.50. The van der Waals surface area contributed by atoms with Crippen molar-refractivity contribution >= 4 is 23.1 Å². The number of aromatic nitrogens is 1. The van der Waals surface area contributed by atoms with Crippen LogP contribution in [0.1, 0.15) is 11.3 Å². The number of halogens is 1. The van der Waals surface area contributed by atoms with E-state index in [1.165, 1.54) is 12.3 Å². The Labute approximate surface area is 83.3 Å². The summed E-state index contributed by atoms with van der Waals surface area (Å²) in [4.78, 5) is 3.78. The molecular weight excluding hydrogens is 256 g/mol. The van der Waals surface area contributed by atoms with Gasteiger partial charge in [-0.2, -0.15) is 5.26 Å². The molecule has 1 rings (SSSR count). The zero-order valence-electron chi connectivity index (χ0n) is 6.65. The molecule has 0 fully saturated rings. The van der Waals surface area contributed by atoms with E-state index in [2.05, 4.69) is 19.8 Å². The molecule has 1 heterocycles. The minimum atomic E-state index is -3.45. The van der Waals surface area contributed by atoms with Gasteiger partial charge in [0.05, 0.1) is 31.0 Å². The highest BCUT2D eigenvalue weighted by Crippen LogP contribution is 2.17. The summed E-state index contributed by atoms with van der Waals surface area (Å²) in [6.45, 7) is 1.64. The first-order valence-electron chi connectivity index (χ1n) is 3.26. The number of nitrogens with zero attached hydrogens (tertiary/aromatic N) is 2. The van der Waals surface area contributed by atoms with Crippen molar-refractivity contribution < 1.29 is 8.42 Å². The molecule has 0 N–H and O–H groups in total. The topological polar surface area (TPSA) is 70.8 Å². The molecular formula is C7H5BrN2O2S. The minimum absolute atomic E-state index is 0.00495. The van der Waals surface area contributed by atoms with Gasteiger partial charge in [-0.25, -0.2) is 8.42 Å². The van der Waals surface area contributed by atoms with Crippen LogP contribution in [0.2, 0.25) is 0 Å². The van der Waals surface area contributed by atoms with Gasteiger partial charge in [0.2, 0.25) is 8.27 Å². The van der Waals surface area contributed by atoms with E-state index in [4.69, 9.17) is 5.26 Å². The van der Waals surface area contributed by atoms with Crippen molar-refractivity contribution in [3.8, 4) is 6.07 Å². The Morgan fingerprint density at radius 2 is 2.23 bits per heavy atom. The highest BCUT2D eigenvalue weighted by atomic mass is 79.9. The fourth-order valence-corrected chi connectivity index (χ4v) is 1.73. The SMILES string of the molecule is Cc1ncc(S(=O)(=O)Br)cc1C#N. The summed E-state index contributed by atoms with van der Waals surface area (Å²) < 4.78 is 22.0. The van der Waals surface area contributed by atoms with Crippen LogP contribution < -0.4 is 0 Å². The van der Waals surface area contributed by atoms with Gasteiger partial charge in [0.15, 0.2) is 0 Å². The Kier molecular flexibility index (Phi) is 2.68. The molecule has 4 nitrogen and oxygen atoms in total. The van der Waals surface area contributed by atoms with Crippen LogP contribution in [0.25, 0.3) is 0 Å². The zero-order chi connectivity index (χ0) is 10.1. The number of nitriles is 1. The Morgan fingerprint density at radius 1 is 1.62 bits per heavy atom. The van der Waals surface area contributed by atoms with Gasteiger partial charge in [-0.1, -0.05) is 0 Å². The lowest BCUT2D eigenvalue weighted by Gasteiger charge is -1.98. The molecule has 0 unspecified atom stereocenters. The maximum Gasteiger partial charge on any atom is 0.239 e. The summed E-state index contributed by atoms with van der Waals surface area (Å²) in [5, 5.41) is 8.61. The lowest BCUT2D eigenvalue weighted by molar-refractivity contribution is 0.611. The van der Waals surface area contributed by atoms with Gasteiger partial charge < -0.3 is 0 Å². The third-order valence-electron chi connectivity index (χ3n) is 1.46. The van der Waals surface area contributed by atoms with E-state index in [0.717, 1.165) is 0 Å². The molecule has 0 saturated heterocycles. The van der Waals surface area contributed by atoms with Gasteiger partial charge in [-0.15, -0.1) is 0 Å². The second-order valence-electron chi connectivity index (χ2n) is 2.35. The Bertz CT molecular complexity index is 476. The first kappa shape index (κ1) is 10.2. The van der Waals surface area contributed by atoms with Gasteiger partial charge in [-0.3, -0.25) is 4.98 Å². The van der Waals surface area contributed by atoms with Crippen molar-refractivity contribution in [1.29, 1.82) is 5.26 Å². The van der Waals surface area contributed by atoms with Gasteiger partial charge >= 0.3 is 0 Å². The van der Waals surface area contributed by atoms with E-state index in [1.807, 2.05) is 6.07 Å². The molecule has 0 spiro atoms. The summed E-state index contributed by atoms with van der Waals surface area (Å²) in [7, 11) is -3.45. The number of aryl methyl sites for hydroxylation is 1. The molecule has 6 heteroatoms. The Hall–Kier alpha value is -0.930. The van der Waals surface area contributed by atoms with Crippen molar-refractivity contribution in [2.45, 2.75) is 11.8 Å². The number of pyridine rings is 1. The smallest absolute Gasteiger partial charge is 0.239 e. The number of hydrogen-bond acceptors (Lipinski definition) is 4. The highest BCUT2D eigenvalue weighted by Gasteiger charge is 2.11.